The zero-order chi connectivity index (χ0) is 21.7. The van der Waals surface area contributed by atoms with Crippen molar-refractivity contribution in [2.45, 2.75) is 69.7 Å². The van der Waals surface area contributed by atoms with Crippen LogP contribution < -0.4 is 11.2 Å². The lowest BCUT2D eigenvalue weighted by Gasteiger charge is -2.14. The molecule has 0 bridgehead atoms. The third kappa shape index (κ3) is 4.63. The van der Waals surface area contributed by atoms with Crippen LogP contribution in [0, 0.1) is 0 Å². The van der Waals surface area contributed by atoms with E-state index in [1.807, 2.05) is 14.0 Å². The van der Waals surface area contributed by atoms with Gasteiger partial charge in [-0.15, -0.1) is 0 Å². The zero-order valence-electron chi connectivity index (χ0n) is 18.1. The van der Waals surface area contributed by atoms with Crippen LogP contribution in [-0.4, -0.2) is 33.9 Å². The fourth-order valence-electron chi connectivity index (χ4n) is 3.32. The van der Waals surface area contributed by atoms with Gasteiger partial charge in [0.2, 0.25) is 0 Å². The van der Waals surface area contributed by atoms with Gasteiger partial charge < -0.3 is 0 Å². The summed E-state index contributed by atoms with van der Waals surface area (Å²) in [5.41, 5.74) is -0.263. The Balaban J connectivity index is 2.11. The van der Waals surface area contributed by atoms with Gasteiger partial charge in [-0.2, -0.15) is 5.10 Å². The Morgan fingerprint density at radius 2 is 1.83 bits per heavy atom. The molecule has 0 spiro atoms. The summed E-state index contributed by atoms with van der Waals surface area (Å²) in [7, 11) is 3.34. The molecule has 162 valence electrons. The average Bonchev–Trinajstić information content (AvgIpc) is 3.15. The molecule has 3 aromatic heterocycles. The maximum absolute atomic E-state index is 13.0. The van der Waals surface area contributed by atoms with E-state index < -0.39 is 0 Å². The topological polar surface area (TPSA) is 100 Å². The number of nitrogens with zero attached hydrogens (tertiary/aromatic N) is 7. The monoisotopic (exact) mass is 431 g/mol. The maximum atomic E-state index is 13.0. The Bertz CT molecular complexity index is 1130. The minimum Gasteiger partial charge on any atom is -0.277 e. The highest BCUT2D eigenvalue weighted by atomic mass is 32.2. The van der Waals surface area contributed by atoms with Crippen LogP contribution in [-0.2, 0) is 32.8 Å². The molecule has 3 heterocycles. The van der Waals surface area contributed by atoms with E-state index in [9.17, 15) is 9.59 Å². The van der Waals surface area contributed by atoms with Crippen LogP contribution in [0.2, 0.25) is 0 Å². The molecule has 0 saturated carbocycles. The molecule has 0 unspecified atom stereocenters. The number of hydrogen-bond donors (Lipinski definition) is 0. The number of rotatable bonds is 10. The lowest BCUT2D eigenvalue weighted by Crippen LogP contribution is -2.39. The first-order valence-electron chi connectivity index (χ1n) is 10.4. The summed E-state index contributed by atoms with van der Waals surface area (Å²) in [6.45, 7) is 4.68. The van der Waals surface area contributed by atoms with E-state index in [1.165, 1.54) is 31.6 Å². The first kappa shape index (κ1) is 22.2. The highest BCUT2D eigenvalue weighted by Crippen LogP contribution is 2.25. The second kappa shape index (κ2) is 10.0. The SMILES string of the molecule is CCCCCCc1nc(SCc2ncnn2C)c2c(=O)n(C)c(=O)n(CCC)c2n1. The predicted molar refractivity (Wildman–Crippen MR) is 118 cm³/mol. The molecule has 30 heavy (non-hydrogen) atoms. The van der Waals surface area contributed by atoms with Gasteiger partial charge in [0.15, 0.2) is 5.65 Å². The molecule has 0 aliphatic carbocycles. The lowest BCUT2D eigenvalue weighted by molar-refractivity contribution is 0.602. The van der Waals surface area contributed by atoms with Crippen molar-refractivity contribution >= 4 is 22.8 Å². The zero-order valence-corrected chi connectivity index (χ0v) is 18.9. The van der Waals surface area contributed by atoms with E-state index in [4.69, 9.17) is 4.98 Å². The lowest BCUT2D eigenvalue weighted by atomic mass is 10.1. The van der Waals surface area contributed by atoms with E-state index in [0.717, 1.165) is 42.5 Å². The molecular weight excluding hydrogens is 402 g/mol. The van der Waals surface area contributed by atoms with E-state index in [1.54, 1.807) is 9.25 Å². The fraction of sp³-hybridized carbons (Fsp3) is 0.600. The van der Waals surface area contributed by atoms with Crippen LogP contribution in [0.25, 0.3) is 11.0 Å². The molecule has 0 amide bonds. The van der Waals surface area contributed by atoms with Crippen LogP contribution in [0.5, 0.6) is 0 Å². The van der Waals surface area contributed by atoms with Crippen molar-refractivity contribution in [1.29, 1.82) is 0 Å². The van der Waals surface area contributed by atoms with Gasteiger partial charge in [0, 0.05) is 27.1 Å². The molecule has 0 fully saturated rings. The van der Waals surface area contributed by atoms with Gasteiger partial charge in [-0.3, -0.25) is 18.6 Å². The number of unbranched alkanes of at least 4 members (excludes halogenated alkanes) is 3. The molecule has 0 radical (unpaired) electrons. The van der Waals surface area contributed by atoms with Gasteiger partial charge in [-0.05, 0) is 12.8 Å². The molecule has 0 N–H and O–H groups in total. The smallest absolute Gasteiger partial charge is 0.277 e. The van der Waals surface area contributed by atoms with Gasteiger partial charge in [0.05, 0.1) is 5.75 Å². The van der Waals surface area contributed by atoms with Gasteiger partial charge in [0.25, 0.3) is 5.56 Å². The number of fused-ring (bicyclic) bond motifs is 1. The average molecular weight is 432 g/mol. The summed E-state index contributed by atoms with van der Waals surface area (Å²) in [6, 6.07) is 0. The first-order chi connectivity index (χ1) is 14.5. The van der Waals surface area contributed by atoms with Crippen molar-refractivity contribution in [3.63, 3.8) is 0 Å². The first-order valence-corrected chi connectivity index (χ1v) is 11.4. The normalized spacial score (nSPS) is 11.5. The summed E-state index contributed by atoms with van der Waals surface area (Å²) in [5.74, 6) is 1.99. The van der Waals surface area contributed by atoms with Gasteiger partial charge in [0.1, 0.15) is 28.4 Å². The van der Waals surface area contributed by atoms with Crippen molar-refractivity contribution in [2.75, 3.05) is 0 Å². The van der Waals surface area contributed by atoms with E-state index in [-0.39, 0.29) is 11.2 Å². The molecular formula is C20H29N7O2S. The summed E-state index contributed by atoms with van der Waals surface area (Å²) in [4.78, 5) is 39.4. The second-order valence-corrected chi connectivity index (χ2v) is 8.31. The summed E-state index contributed by atoms with van der Waals surface area (Å²) >= 11 is 1.43. The standard InChI is InChI=1S/C20H29N7O2S/c1-5-7-8-9-10-14-23-17-16(19(28)25(3)20(29)27(17)11-6-2)18(24-14)30-12-15-21-13-22-26(15)4/h13H,5-12H2,1-4H3. The van der Waals surface area contributed by atoms with Crippen molar-refractivity contribution in [3.8, 4) is 0 Å². The molecule has 3 aromatic rings. The van der Waals surface area contributed by atoms with Crippen LogP contribution >= 0.6 is 11.8 Å². The molecule has 9 nitrogen and oxygen atoms in total. The Labute approximate surface area is 179 Å². The van der Waals surface area contributed by atoms with Crippen LogP contribution in [0.15, 0.2) is 20.9 Å². The largest absolute Gasteiger partial charge is 0.332 e. The molecule has 0 saturated heterocycles. The van der Waals surface area contributed by atoms with Crippen LogP contribution in [0.3, 0.4) is 0 Å². The van der Waals surface area contributed by atoms with Gasteiger partial charge >= 0.3 is 5.69 Å². The molecule has 3 rings (SSSR count). The Morgan fingerprint density at radius 3 is 2.50 bits per heavy atom. The van der Waals surface area contributed by atoms with Crippen molar-refractivity contribution in [1.82, 2.24) is 33.9 Å². The third-order valence-electron chi connectivity index (χ3n) is 5.04. The summed E-state index contributed by atoms with van der Waals surface area (Å²) < 4.78 is 4.45. The Morgan fingerprint density at radius 1 is 1.03 bits per heavy atom. The van der Waals surface area contributed by atoms with Gasteiger partial charge in [-0.1, -0.05) is 44.9 Å². The third-order valence-corrected chi connectivity index (χ3v) is 6.01. The van der Waals surface area contributed by atoms with E-state index in [2.05, 4.69) is 22.0 Å². The quantitative estimate of drug-likeness (QED) is 0.276. The number of thioether (sulfide) groups is 1. The van der Waals surface area contributed by atoms with Gasteiger partial charge in [-0.25, -0.2) is 19.7 Å². The molecule has 0 aromatic carbocycles. The number of aromatic nitrogens is 7. The highest BCUT2D eigenvalue weighted by Gasteiger charge is 2.19. The molecule has 0 atom stereocenters. The van der Waals surface area contributed by atoms with E-state index in [0.29, 0.717) is 34.2 Å². The fourth-order valence-corrected chi connectivity index (χ4v) is 4.34. The van der Waals surface area contributed by atoms with Crippen LogP contribution in [0.1, 0.15) is 57.6 Å². The second-order valence-electron chi connectivity index (χ2n) is 7.34. The maximum Gasteiger partial charge on any atom is 0.332 e. The number of aryl methyl sites for hydroxylation is 3. The molecule has 0 aliphatic heterocycles. The van der Waals surface area contributed by atoms with Crippen molar-refractivity contribution in [2.24, 2.45) is 14.1 Å². The highest BCUT2D eigenvalue weighted by molar-refractivity contribution is 7.98. The Hall–Kier alpha value is -2.49. The van der Waals surface area contributed by atoms with Crippen molar-refractivity contribution in [3.05, 3.63) is 38.8 Å². The molecule has 0 aliphatic rings. The number of hydrogen-bond acceptors (Lipinski definition) is 7. The summed E-state index contributed by atoms with van der Waals surface area (Å²) in [5, 5.41) is 5.09. The van der Waals surface area contributed by atoms with E-state index >= 15 is 0 Å². The minimum absolute atomic E-state index is 0.339. The molecule has 10 heteroatoms. The van der Waals surface area contributed by atoms with Crippen LogP contribution in [0.4, 0.5) is 0 Å². The predicted octanol–water partition coefficient (Wildman–Crippen LogP) is 2.44. The Kier molecular flexibility index (Phi) is 7.41. The minimum atomic E-state index is -0.361. The summed E-state index contributed by atoms with van der Waals surface area (Å²) in [6.07, 6.45) is 7.41. The van der Waals surface area contributed by atoms with Crippen molar-refractivity contribution < 1.29 is 0 Å².